The average Bonchev–Trinajstić information content (AvgIpc) is 2.39. The summed E-state index contributed by atoms with van der Waals surface area (Å²) in [6.45, 7) is 3.61. The molecule has 0 aromatic carbocycles. The maximum atomic E-state index is 12.2. The van der Waals surface area contributed by atoms with Gasteiger partial charge in [0.2, 0.25) is 5.91 Å². The van der Waals surface area contributed by atoms with Gasteiger partial charge in [0.05, 0.1) is 12.0 Å². The Bertz CT molecular complexity index is 239. The molecule has 0 saturated carbocycles. The number of nitrogens with one attached hydrogen (secondary N) is 1. The number of rotatable bonds is 2. The van der Waals surface area contributed by atoms with Gasteiger partial charge in [-0.15, -0.1) is 0 Å². The average molecular weight is 226 g/mol. The summed E-state index contributed by atoms with van der Waals surface area (Å²) in [5, 5.41) is 3.30. The fourth-order valence-electron chi connectivity index (χ4n) is 2.65. The predicted molar refractivity (Wildman–Crippen MR) is 62.2 cm³/mol. The van der Waals surface area contributed by atoms with Crippen LogP contribution in [0.2, 0.25) is 0 Å². The van der Waals surface area contributed by atoms with E-state index < -0.39 is 0 Å². The van der Waals surface area contributed by atoms with Crippen molar-refractivity contribution in [2.75, 3.05) is 33.3 Å². The van der Waals surface area contributed by atoms with Crippen LogP contribution in [-0.2, 0) is 9.53 Å². The molecule has 1 unspecified atom stereocenters. The minimum absolute atomic E-state index is 0.198. The number of ether oxygens (including phenoxy) is 1. The van der Waals surface area contributed by atoms with Gasteiger partial charge in [0.15, 0.2) is 0 Å². The standard InChI is InChI=1S/C12H22N2O2/c1-16-11-5-3-7-14(9-11)12(15)10-4-2-6-13-8-10/h10-11,13H,2-9H2,1H3/t10-,11?/m1/s1. The molecule has 2 atom stereocenters. The van der Waals surface area contributed by atoms with Crippen LogP contribution in [0.4, 0.5) is 0 Å². The lowest BCUT2D eigenvalue weighted by Gasteiger charge is -2.35. The number of carbonyl (C=O) groups excluding carboxylic acids is 1. The number of hydrogen-bond acceptors (Lipinski definition) is 3. The summed E-state index contributed by atoms with van der Waals surface area (Å²) >= 11 is 0. The van der Waals surface area contributed by atoms with Crippen molar-refractivity contribution >= 4 is 5.91 Å². The second-order valence-corrected chi connectivity index (χ2v) is 4.83. The minimum Gasteiger partial charge on any atom is -0.380 e. The van der Waals surface area contributed by atoms with Crippen molar-refractivity contribution in [1.29, 1.82) is 0 Å². The molecule has 92 valence electrons. The summed E-state index contributed by atoms with van der Waals surface area (Å²) in [7, 11) is 1.74. The molecule has 4 heteroatoms. The van der Waals surface area contributed by atoms with E-state index in [4.69, 9.17) is 4.74 Å². The summed E-state index contributed by atoms with van der Waals surface area (Å²) in [4.78, 5) is 14.2. The van der Waals surface area contributed by atoms with Crippen LogP contribution in [0.25, 0.3) is 0 Å². The quantitative estimate of drug-likeness (QED) is 0.750. The van der Waals surface area contributed by atoms with Gasteiger partial charge >= 0.3 is 0 Å². The number of piperidine rings is 2. The first-order valence-electron chi connectivity index (χ1n) is 6.33. The van der Waals surface area contributed by atoms with Crippen molar-refractivity contribution < 1.29 is 9.53 Å². The highest BCUT2D eigenvalue weighted by Gasteiger charge is 2.29. The topological polar surface area (TPSA) is 41.6 Å². The smallest absolute Gasteiger partial charge is 0.227 e. The summed E-state index contributed by atoms with van der Waals surface area (Å²) in [6.07, 6.45) is 4.57. The molecule has 16 heavy (non-hydrogen) atoms. The van der Waals surface area contributed by atoms with E-state index in [-0.39, 0.29) is 12.0 Å². The SMILES string of the molecule is COC1CCCN(C(=O)[C@@H]2CCCNC2)C1. The van der Waals surface area contributed by atoms with E-state index in [0.29, 0.717) is 5.91 Å². The number of amides is 1. The fraction of sp³-hybridized carbons (Fsp3) is 0.917. The third-order valence-corrected chi connectivity index (χ3v) is 3.67. The number of carbonyl (C=O) groups is 1. The van der Waals surface area contributed by atoms with Gasteiger partial charge in [0, 0.05) is 26.7 Å². The fourth-order valence-corrected chi connectivity index (χ4v) is 2.65. The van der Waals surface area contributed by atoms with Crippen molar-refractivity contribution in [3.63, 3.8) is 0 Å². The molecule has 2 heterocycles. The Morgan fingerprint density at radius 2 is 2.25 bits per heavy atom. The lowest BCUT2D eigenvalue weighted by Crippen LogP contribution is -2.48. The highest BCUT2D eigenvalue weighted by atomic mass is 16.5. The van der Waals surface area contributed by atoms with Crippen molar-refractivity contribution in [1.82, 2.24) is 10.2 Å². The van der Waals surface area contributed by atoms with Crippen LogP contribution in [0, 0.1) is 5.92 Å². The Morgan fingerprint density at radius 1 is 1.38 bits per heavy atom. The molecular formula is C12H22N2O2. The van der Waals surface area contributed by atoms with Crippen LogP contribution in [0.1, 0.15) is 25.7 Å². The Morgan fingerprint density at radius 3 is 2.94 bits per heavy atom. The Kier molecular flexibility index (Phi) is 4.18. The minimum atomic E-state index is 0.198. The van der Waals surface area contributed by atoms with Crippen LogP contribution in [0.3, 0.4) is 0 Å². The van der Waals surface area contributed by atoms with Gasteiger partial charge < -0.3 is 15.0 Å². The van der Waals surface area contributed by atoms with Gasteiger partial charge in [-0.25, -0.2) is 0 Å². The van der Waals surface area contributed by atoms with Crippen LogP contribution < -0.4 is 5.32 Å². The molecule has 2 saturated heterocycles. The van der Waals surface area contributed by atoms with Gasteiger partial charge in [-0.3, -0.25) is 4.79 Å². The maximum Gasteiger partial charge on any atom is 0.227 e. The largest absolute Gasteiger partial charge is 0.380 e. The molecule has 0 bridgehead atoms. The summed E-state index contributed by atoms with van der Waals surface area (Å²) in [6, 6.07) is 0. The lowest BCUT2D eigenvalue weighted by molar-refractivity contribution is -0.139. The molecule has 4 nitrogen and oxygen atoms in total. The zero-order chi connectivity index (χ0) is 11.4. The van der Waals surface area contributed by atoms with Crippen molar-refractivity contribution in [3.05, 3.63) is 0 Å². The Labute approximate surface area is 97.3 Å². The molecule has 0 aromatic rings. The van der Waals surface area contributed by atoms with E-state index in [1.807, 2.05) is 4.90 Å². The molecule has 0 aromatic heterocycles. The van der Waals surface area contributed by atoms with Crippen molar-refractivity contribution in [3.8, 4) is 0 Å². The monoisotopic (exact) mass is 226 g/mol. The number of nitrogens with zero attached hydrogens (tertiary/aromatic N) is 1. The van der Waals surface area contributed by atoms with Gasteiger partial charge in [0.1, 0.15) is 0 Å². The molecule has 1 N–H and O–H groups in total. The molecular weight excluding hydrogens is 204 g/mol. The number of likely N-dealkylation sites (tertiary alicyclic amines) is 1. The molecule has 2 rings (SSSR count). The van der Waals surface area contributed by atoms with Gasteiger partial charge in [0.25, 0.3) is 0 Å². The summed E-state index contributed by atoms with van der Waals surface area (Å²) in [5.74, 6) is 0.526. The van der Waals surface area contributed by atoms with Crippen LogP contribution in [0.15, 0.2) is 0 Å². The van der Waals surface area contributed by atoms with E-state index in [2.05, 4.69) is 5.32 Å². The second-order valence-electron chi connectivity index (χ2n) is 4.83. The predicted octanol–water partition coefficient (Wildman–Crippen LogP) is 0.623. The van der Waals surface area contributed by atoms with Gasteiger partial charge in [-0.2, -0.15) is 0 Å². The van der Waals surface area contributed by atoms with Crippen LogP contribution >= 0.6 is 0 Å². The van der Waals surface area contributed by atoms with Crippen LogP contribution in [0.5, 0.6) is 0 Å². The molecule has 1 amide bonds. The molecule has 2 fully saturated rings. The highest BCUT2D eigenvalue weighted by Crippen LogP contribution is 2.18. The normalized spacial score (nSPS) is 31.4. The zero-order valence-electron chi connectivity index (χ0n) is 10.1. The van der Waals surface area contributed by atoms with E-state index in [9.17, 15) is 4.79 Å². The maximum absolute atomic E-state index is 12.2. The van der Waals surface area contributed by atoms with E-state index in [1.54, 1.807) is 7.11 Å². The van der Waals surface area contributed by atoms with E-state index in [1.165, 1.54) is 0 Å². The molecule has 0 spiro atoms. The van der Waals surface area contributed by atoms with Gasteiger partial charge in [-0.1, -0.05) is 0 Å². The third kappa shape index (κ3) is 2.74. The molecule has 0 radical (unpaired) electrons. The van der Waals surface area contributed by atoms with Gasteiger partial charge in [-0.05, 0) is 32.2 Å². The molecule has 2 aliphatic rings. The second kappa shape index (κ2) is 5.64. The first-order valence-corrected chi connectivity index (χ1v) is 6.33. The first-order chi connectivity index (χ1) is 7.81. The molecule has 0 aliphatic carbocycles. The Hall–Kier alpha value is -0.610. The summed E-state index contributed by atoms with van der Waals surface area (Å²) in [5.41, 5.74) is 0. The first kappa shape index (κ1) is 11.9. The number of hydrogen-bond donors (Lipinski definition) is 1. The van der Waals surface area contributed by atoms with Crippen molar-refractivity contribution in [2.45, 2.75) is 31.8 Å². The highest BCUT2D eigenvalue weighted by molar-refractivity contribution is 5.79. The van der Waals surface area contributed by atoms with Crippen molar-refractivity contribution in [2.24, 2.45) is 5.92 Å². The number of methoxy groups -OCH3 is 1. The van der Waals surface area contributed by atoms with E-state index >= 15 is 0 Å². The molecule has 2 aliphatic heterocycles. The lowest BCUT2D eigenvalue weighted by atomic mass is 9.96. The Balaban J connectivity index is 1.87. The van der Waals surface area contributed by atoms with E-state index in [0.717, 1.165) is 51.9 Å². The van der Waals surface area contributed by atoms with Crippen LogP contribution in [-0.4, -0.2) is 50.2 Å². The zero-order valence-corrected chi connectivity index (χ0v) is 10.1. The third-order valence-electron chi connectivity index (χ3n) is 3.67. The summed E-state index contributed by atoms with van der Waals surface area (Å²) < 4.78 is 5.35.